The molecule has 0 aromatic heterocycles. The summed E-state index contributed by atoms with van der Waals surface area (Å²) < 4.78 is 5.30. The lowest BCUT2D eigenvalue weighted by atomic mass is 9.85. The first-order valence-electron chi connectivity index (χ1n) is 9.34. The maximum absolute atomic E-state index is 12.8. The molecule has 1 aliphatic rings. The van der Waals surface area contributed by atoms with Crippen LogP contribution in [0.15, 0.2) is 53.5 Å². The third-order valence-corrected chi connectivity index (χ3v) is 5.17. The summed E-state index contributed by atoms with van der Waals surface area (Å²) in [4.78, 5) is 29.1. The van der Waals surface area contributed by atoms with Gasteiger partial charge in [-0.1, -0.05) is 59.6 Å². The van der Waals surface area contributed by atoms with Crippen LogP contribution in [0.2, 0.25) is 5.02 Å². The molecule has 0 saturated heterocycles. The summed E-state index contributed by atoms with van der Waals surface area (Å²) in [7, 11) is 0. The summed E-state index contributed by atoms with van der Waals surface area (Å²) in [5, 5.41) is 3.49. The maximum Gasteiger partial charge on any atom is 0.341 e. The van der Waals surface area contributed by atoms with Gasteiger partial charge in [0.25, 0.3) is 0 Å². The van der Waals surface area contributed by atoms with Crippen molar-refractivity contribution < 1.29 is 14.3 Å². The van der Waals surface area contributed by atoms with Crippen LogP contribution in [0.3, 0.4) is 0 Å². The van der Waals surface area contributed by atoms with Crippen LogP contribution in [-0.2, 0) is 16.0 Å². The summed E-state index contributed by atoms with van der Waals surface area (Å²) in [5.74, 6) is -1.05. The van der Waals surface area contributed by atoms with Gasteiger partial charge in [-0.25, -0.2) is 9.79 Å². The number of aryl methyl sites for hydroxylation is 2. The predicted octanol–water partition coefficient (Wildman–Crippen LogP) is 4.67. The van der Waals surface area contributed by atoms with Crippen LogP contribution in [0.4, 0.5) is 4.79 Å². The normalized spacial score (nSPS) is 19.0. The second-order valence-electron chi connectivity index (χ2n) is 6.76. The molecule has 5 nitrogen and oxygen atoms in total. The lowest BCUT2D eigenvalue weighted by Gasteiger charge is -2.31. The molecule has 28 heavy (non-hydrogen) atoms. The van der Waals surface area contributed by atoms with Crippen LogP contribution in [0.1, 0.15) is 36.1 Å². The molecule has 0 fully saturated rings. The Kier molecular flexibility index (Phi) is 6.47. The van der Waals surface area contributed by atoms with Gasteiger partial charge in [0.1, 0.15) is 5.92 Å². The van der Waals surface area contributed by atoms with Crippen molar-refractivity contribution in [3.05, 3.63) is 70.2 Å². The van der Waals surface area contributed by atoms with Crippen LogP contribution in [0.25, 0.3) is 0 Å². The SMILES string of the molecule is CCOC(=O)C1C(CCc2ccccc2Cl)=NC(=O)NC1c1ccc(C)cc1. The summed E-state index contributed by atoms with van der Waals surface area (Å²) in [6.45, 7) is 4.02. The van der Waals surface area contributed by atoms with E-state index >= 15 is 0 Å². The number of hydrogen-bond donors (Lipinski definition) is 1. The molecule has 1 aliphatic heterocycles. The summed E-state index contributed by atoms with van der Waals surface area (Å²) >= 11 is 6.25. The van der Waals surface area contributed by atoms with Gasteiger partial charge in [-0.15, -0.1) is 0 Å². The zero-order chi connectivity index (χ0) is 20.1. The van der Waals surface area contributed by atoms with Crippen LogP contribution in [0, 0.1) is 12.8 Å². The zero-order valence-electron chi connectivity index (χ0n) is 15.9. The topological polar surface area (TPSA) is 67.8 Å². The molecular formula is C22H23ClN2O3. The van der Waals surface area contributed by atoms with Crippen LogP contribution < -0.4 is 5.32 Å². The van der Waals surface area contributed by atoms with E-state index in [9.17, 15) is 9.59 Å². The minimum atomic E-state index is -0.664. The van der Waals surface area contributed by atoms with E-state index in [1.54, 1.807) is 6.92 Å². The first-order chi connectivity index (χ1) is 13.5. The molecule has 0 spiro atoms. The number of aliphatic imine (C=N–C) groups is 1. The van der Waals surface area contributed by atoms with E-state index < -0.39 is 18.0 Å². The van der Waals surface area contributed by atoms with E-state index in [1.807, 2.05) is 55.5 Å². The van der Waals surface area contributed by atoms with Crippen molar-refractivity contribution >= 4 is 29.3 Å². The zero-order valence-corrected chi connectivity index (χ0v) is 16.7. The predicted molar refractivity (Wildman–Crippen MR) is 110 cm³/mol. The molecule has 0 radical (unpaired) electrons. The fraction of sp³-hybridized carbons (Fsp3) is 0.318. The number of benzene rings is 2. The molecule has 2 amide bonds. The van der Waals surface area contributed by atoms with Gasteiger partial charge in [-0.3, -0.25) is 4.79 Å². The first-order valence-corrected chi connectivity index (χ1v) is 9.72. The average molecular weight is 399 g/mol. The second-order valence-corrected chi connectivity index (χ2v) is 7.17. The highest BCUT2D eigenvalue weighted by molar-refractivity contribution is 6.31. The van der Waals surface area contributed by atoms with Crippen molar-refractivity contribution in [2.45, 2.75) is 32.7 Å². The van der Waals surface area contributed by atoms with Crippen LogP contribution in [-0.4, -0.2) is 24.3 Å². The Morgan fingerprint density at radius 1 is 1.14 bits per heavy atom. The summed E-state index contributed by atoms with van der Waals surface area (Å²) in [6.07, 6.45) is 1.03. The number of urea groups is 1. The number of halogens is 1. The molecular weight excluding hydrogens is 376 g/mol. The van der Waals surface area contributed by atoms with Gasteiger partial charge in [0.2, 0.25) is 0 Å². The van der Waals surface area contributed by atoms with Gasteiger partial charge >= 0.3 is 12.0 Å². The van der Waals surface area contributed by atoms with Crippen molar-refractivity contribution in [2.24, 2.45) is 10.9 Å². The molecule has 6 heteroatoms. The van der Waals surface area contributed by atoms with Crippen LogP contribution in [0.5, 0.6) is 0 Å². The van der Waals surface area contributed by atoms with Crippen molar-refractivity contribution in [2.75, 3.05) is 6.61 Å². The second kappa shape index (κ2) is 9.02. The van der Waals surface area contributed by atoms with Gasteiger partial charge < -0.3 is 10.1 Å². The molecule has 0 aliphatic carbocycles. The molecule has 2 unspecified atom stereocenters. The smallest absolute Gasteiger partial charge is 0.341 e. The summed E-state index contributed by atoms with van der Waals surface area (Å²) in [6, 6.07) is 14.3. The third-order valence-electron chi connectivity index (χ3n) is 4.80. The van der Waals surface area contributed by atoms with E-state index in [-0.39, 0.29) is 12.6 Å². The van der Waals surface area contributed by atoms with Crippen molar-refractivity contribution in [1.82, 2.24) is 5.32 Å². The molecule has 3 rings (SSSR count). The van der Waals surface area contributed by atoms with Gasteiger partial charge in [-0.2, -0.15) is 0 Å². The van der Waals surface area contributed by atoms with Gasteiger partial charge in [0.15, 0.2) is 0 Å². The number of carbonyl (C=O) groups excluding carboxylic acids is 2. The summed E-state index contributed by atoms with van der Waals surface area (Å²) in [5.41, 5.74) is 3.42. The van der Waals surface area contributed by atoms with E-state index in [0.29, 0.717) is 23.6 Å². The van der Waals surface area contributed by atoms with E-state index in [4.69, 9.17) is 16.3 Å². The Bertz CT molecular complexity index is 893. The molecule has 2 atom stereocenters. The minimum absolute atomic E-state index is 0.266. The minimum Gasteiger partial charge on any atom is -0.465 e. The number of hydrogen-bond acceptors (Lipinski definition) is 3. The monoisotopic (exact) mass is 398 g/mol. The number of nitrogens with one attached hydrogen (secondary N) is 1. The van der Waals surface area contributed by atoms with E-state index in [1.165, 1.54) is 0 Å². The number of carbonyl (C=O) groups is 2. The number of ether oxygens (including phenoxy) is 1. The maximum atomic E-state index is 12.8. The molecule has 0 saturated carbocycles. The molecule has 1 heterocycles. The molecule has 1 N–H and O–H groups in total. The van der Waals surface area contributed by atoms with Crippen molar-refractivity contribution in [3.63, 3.8) is 0 Å². The Morgan fingerprint density at radius 2 is 1.86 bits per heavy atom. The Hall–Kier alpha value is -2.66. The standard InChI is InChI=1S/C22H23ClN2O3/c1-3-28-21(26)19-18(13-12-15-6-4-5-7-17(15)23)24-22(27)25-20(19)16-10-8-14(2)9-11-16/h4-11,19-20H,3,12-13H2,1-2H3,(H,25,27). The number of nitrogens with zero attached hydrogens (tertiary/aromatic N) is 1. The first kappa shape index (κ1) is 20.1. The van der Waals surface area contributed by atoms with E-state index in [0.717, 1.165) is 16.7 Å². The van der Waals surface area contributed by atoms with Crippen molar-refractivity contribution in [1.29, 1.82) is 0 Å². The fourth-order valence-electron chi connectivity index (χ4n) is 3.37. The Labute approximate surface area is 169 Å². The van der Waals surface area contributed by atoms with Gasteiger partial charge in [-0.05, 0) is 43.9 Å². The van der Waals surface area contributed by atoms with Crippen LogP contribution >= 0.6 is 11.6 Å². The van der Waals surface area contributed by atoms with Gasteiger partial charge in [0, 0.05) is 10.7 Å². The third kappa shape index (κ3) is 4.60. The Balaban J connectivity index is 1.91. The molecule has 146 valence electrons. The largest absolute Gasteiger partial charge is 0.465 e. The highest BCUT2D eigenvalue weighted by Gasteiger charge is 2.39. The number of esters is 1. The number of amides is 2. The highest BCUT2D eigenvalue weighted by atomic mass is 35.5. The molecule has 2 aromatic carbocycles. The quantitative estimate of drug-likeness (QED) is 0.719. The fourth-order valence-corrected chi connectivity index (χ4v) is 3.60. The number of rotatable bonds is 6. The lowest BCUT2D eigenvalue weighted by molar-refractivity contribution is -0.146. The van der Waals surface area contributed by atoms with E-state index in [2.05, 4.69) is 10.3 Å². The highest BCUT2D eigenvalue weighted by Crippen LogP contribution is 2.30. The lowest BCUT2D eigenvalue weighted by Crippen LogP contribution is -2.45. The molecule has 0 bridgehead atoms. The van der Waals surface area contributed by atoms with Gasteiger partial charge in [0.05, 0.1) is 12.6 Å². The molecule has 2 aromatic rings. The van der Waals surface area contributed by atoms with Crippen molar-refractivity contribution in [3.8, 4) is 0 Å². The Morgan fingerprint density at radius 3 is 2.54 bits per heavy atom. The average Bonchev–Trinajstić information content (AvgIpc) is 2.67.